The standard InChI is InChI=1S/C6H12F3NO2/c1-10-5(2-11)3-12-4-6(7,8)9/h5,10-11H,2-4H2,1H3. The number of nitrogens with one attached hydrogen (secondary N) is 1. The molecule has 1 unspecified atom stereocenters. The van der Waals surface area contributed by atoms with Gasteiger partial charge < -0.3 is 15.2 Å². The third-order valence-corrected chi connectivity index (χ3v) is 1.21. The lowest BCUT2D eigenvalue weighted by Gasteiger charge is -2.14. The molecule has 0 rings (SSSR count). The van der Waals surface area contributed by atoms with Crippen LogP contribution in [0, 0.1) is 0 Å². The molecular weight excluding hydrogens is 175 g/mol. The summed E-state index contributed by atoms with van der Waals surface area (Å²) in [5.74, 6) is 0. The van der Waals surface area contributed by atoms with Gasteiger partial charge in [0.05, 0.1) is 19.3 Å². The number of aliphatic hydroxyl groups is 1. The number of rotatable bonds is 5. The maximum absolute atomic E-state index is 11.5. The molecule has 0 aromatic rings. The number of aliphatic hydroxyl groups excluding tert-OH is 1. The van der Waals surface area contributed by atoms with Crippen molar-refractivity contribution in [1.29, 1.82) is 0 Å². The van der Waals surface area contributed by atoms with Crippen molar-refractivity contribution in [2.24, 2.45) is 0 Å². The van der Waals surface area contributed by atoms with Crippen LogP contribution in [0.1, 0.15) is 0 Å². The number of likely N-dealkylation sites (N-methyl/N-ethyl adjacent to an activating group) is 1. The molecule has 74 valence electrons. The van der Waals surface area contributed by atoms with E-state index >= 15 is 0 Å². The van der Waals surface area contributed by atoms with Crippen molar-refractivity contribution in [2.45, 2.75) is 12.2 Å². The van der Waals surface area contributed by atoms with Crippen LogP contribution in [0.25, 0.3) is 0 Å². The van der Waals surface area contributed by atoms with Crippen molar-refractivity contribution in [3.63, 3.8) is 0 Å². The first-order valence-corrected chi connectivity index (χ1v) is 3.42. The lowest BCUT2D eigenvalue weighted by molar-refractivity contribution is -0.175. The van der Waals surface area contributed by atoms with E-state index in [-0.39, 0.29) is 13.2 Å². The first-order chi connectivity index (χ1) is 5.49. The second-order valence-electron chi connectivity index (χ2n) is 2.30. The number of alkyl halides is 3. The van der Waals surface area contributed by atoms with Gasteiger partial charge >= 0.3 is 6.18 Å². The number of ether oxygens (including phenoxy) is 1. The summed E-state index contributed by atoms with van der Waals surface area (Å²) in [4.78, 5) is 0. The van der Waals surface area contributed by atoms with Gasteiger partial charge in [0, 0.05) is 0 Å². The number of hydrogen-bond donors (Lipinski definition) is 2. The first kappa shape index (κ1) is 11.7. The lowest BCUT2D eigenvalue weighted by Crippen LogP contribution is -2.35. The Morgan fingerprint density at radius 1 is 1.50 bits per heavy atom. The molecule has 0 aliphatic rings. The molecule has 0 aliphatic carbocycles. The monoisotopic (exact) mass is 187 g/mol. The summed E-state index contributed by atoms with van der Waals surface area (Å²) in [5.41, 5.74) is 0. The van der Waals surface area contributed by atoms with Gasteiger partial charge in [-0.25, -0.2) is 0 Å². The van der Waals surface area contributed by atoms with E-state index in [1.165, 1.54) is 7.05 Å². The zero-order valence-corrected chi connectivity index (χ0v) is 6.69. The van der Waals surface area contributed by atoms with Gasteiger partial charge in [-0.15, -0.1) is 0 Å². The van der Waals surface area contributed by atoms with Crippen molar-refractivity contribution < 1.29 is 23.0 Å². The molecule has 0 saturated heterocycles. The average molecular weight is 187 g/mol. The van der Waals surface area contributed by atoms with E-state index in [9.17, 15) is 13.2 Å². The van der Waals surface area contributed by atoms with Crippen molar-refractivity contribution >= 4 is 0 Å². The van der Waals surface area contributed by atoms with Crippen LogP contribution in [0.3, 0.4) is 0 Å². The Labute approximate surface area is 68.5 Å². The largest absolute Gasteiger partial charge is 0.411 e. The highest BCUT2D eigenvalue weighted by Crippen LogP contribution is 2.14. The minimum atomic E-state index is -4.30. The Morgan fingerprint density at radius 3 is 2.42 bits per heavy atom. The fraction of sp³-hybridized carbons (Fsp3) is 1.00. The van der Waals surface area contributed by atoms with Crippen LogP contribution in [0.5, 0.6) is 0 Å². The van der Waals surface area contributed by atoms with Gasteiger partial charge in [0.1, 0.15) is 6.61 Å². The third-order valence-electron chi connectivity index (χ3n) is 1.21. The van der Waals surface area contributed by atoms with Crippen LogP contribution in [-0.2, 0) is 4.74 Å². The highest BCUT2D eigenvalue weighted by molar-refractivity contribution is 4.60. The van der Waals surface area contributed by atoms with Gasteiger partial charge in [0.15, 0.2) is 0 Å². The summed E-state index contributed by atoms with van der Waals surface area (Å²) in [5, 5.41) is 11.1. The number of hydrogen-bond acceptors (Lipinski definition) is 3. The highest BCUT2D eigenvalue weighted by atomic mass is 19.4. The molecular formula is C6H12F3NO2. The zero-order chi connectivity index (χ0) is 9.61. The zero-order valence-electron chi connectivity index (χ0n) is 6.69. The fourth-order valence-corrected chi connectivity index (χ4v) is 0.544. The van der Waals surface area contributed by atoms with Crippen LogP contribution in [0.15, 0.2) is 0 Å². The predicted octanol–water partition coefficient (Wildman–Crippen LogP) is 0.146. The van der Waals surface area contributed by atoms with E-state index in [4.69, 9.17) is 5.11 Å². The van der Waals surface area contributed by atoms with Crippen molar-refractivity contribution in [3.8, 4) is 0 Å². The van der Waals surface area contributed by atoms with Crippen molar-refractivity contribution in [3.05, 3.63) is 0 Å². The molecule has 3 nitrogen and oxygen atoms in total. The van der Waals surface area contributed by atoms with E-state index in [1.807, 2.05) is 0 Å². The maximum Gasteiger partial charge on any atom is 0.411 e. The summed E-state index contributed by atoms with van der Waals surface area (Å²) in [6.45, 7) is -1.66. The molecule has 0 heterocycles. The van der Waals surface area contributed by atoms with Gasteiger partial charge in [-0.2, -0.15) is 13.2 Å². The molecule has 0 radical (unpaired) electrons. The summed E-state index contributed by atoms with van der Waals surface area (Å²) < 4.78 is 38.8. The molecule has 0 aliphatic heterocycles. The van der Waals surface area contributed by atoms with Gasteiger partial charge in [-0.3, -0.25) is 0 Å². The summed E-state index contributed by atoms with van der Waals surface area (Å²) >= 11 is 0. The van der Waals surface area contributed by atoms with E-state index in [1.54, 1.807) is 0 Å². The molecule has 0 fully saturated rings. The van der Waals surface area contributed by atoms with Crippen LogP contribution in [0.2, 0.25) is 0 Å². The van der Waals surface area contributed by atoms with E-state index in [0.717, 1.165) is 0 Å². The van der Waals surface area contributed by atoms with E-state index in [2.05, 4.69) is 10.1 Å². The second-order valence-corrected chi connectivity index (χ2v) is 2.30. The van der Waals surface area contributed by atoms with Gasteiger partial charge in [-0.1, -0.05) is 0 Å². The van der Waals surface area contributed by atoms with Gasteiger partial charge in [-0.05, 0) is 7.05 Å². The first-order valence-electron chi connectivity index (χ1n) is 3.42. The average Bonchev–Trinajstić information content (AvgIpc) is 1.96. The van der Waals surface area contributed by atoms with E-state index < -0.39 is 18.8 Å². The summed E-state index contributed by atoms with van der Waals surface area (Å²) in [7, 11) is 1.54. The fourth-order valence-electron chi connectivity index (χ4n) is 0.544. The van der Waals surface area contributed by atoms with Crippen LogP contribution in [-0.4, -0.2) is 44.2 Å². The molecule has 6 heteroatoms. The highest BCUT2D eigenvalue weighted by Gasteiger charge is 2.27. The normalized spacial score (nSPS) is 14.8. The van der Waals surface area contributed by atoms with Crippen LogP contribution in [0.4, 0.5) is 13.2 Å². The van der Waals surface area contributed by atoms with Crippen molar-refractivity contribution in [2.75, 3.05) is 26.9 Å². The molecule has 0 amide bonds. The SMILES string of the molecule is CNC(CO)COCC(F)(F)F. The minimum Gasteiger partial charge on any atom is -0.395 e. The van der Waals surface area contributed by atoms with Gasteiger partial charge in [0.25, 0.3) is 0 Å². The minimum absolute atomic E-state index is 0.146. The Balaban J connectivity index is 3.41. The topological polar surface area (TPSA) is 41.5 Å². The Kier molecular flexibility index (Phi) is 5.19. The third kappa shape index (κ3) is 6.38. The summed E-state index contributed by atoms with van der Waals surface area (Å²) in [6, 6.07) is -0.438. The molecule has 0 spiro atoms. The number of halogens is 3. The molecule has 0 bridgehead atoms. The van der Waals surface area contributed by atoms with Gasteiger partial charge in [0.2, 0.25) is 0 Å². The molecule has 1 atom stereocenters. The molecule has 0 aromatic carbocycles. The summed E-state index contributed by atoms with van der Waals surface area (Å²) in [6.07, 6.45) is -4.30. The maximum atomic E-state index is 11.5. The predicted molar refractivity (Wildman–Crippen MR) is 36.8 cm³/mol. The van der Waals surface area contributed by atoms with E-state index in [0.29, 0.717) is 0 Å². The van der Waals surface area contributed by atoms with Crippen LogP contribution < -0.4 is 5.32 Å². The molecule has 0 saturated carbocycles. The Bertz CT molecular complexity index is 114. The molecule has 0 aromatic heterocycles. The Morgan fingerprint density at radius 2 is 2.08 bits per heavy atom. The second kappa shape index (κ2) is 5.34. The van der Waals surface area contributed by atoms with Crippen LogP contribution >= 0.6 is 0 Å². The van der Waals surface area contributed by atoms with Crippen molar-refractivity contribution in [1.82, 2.24) is 5.32 Å². The lowest BCUT2D eigenvalue weighted by atomic mass is 10.3. The molecule has 2 N–H and O–H groups in total. The molecule has 12 heavy (non-hydrogen) atoms. The quantitative estimate of drug-likeness (QED) is 0.643. The smallest absolute Gasteiger partial charge is 0.395 e. The Hall–Kier alpha value is -0.330.